The summed E-state index contributed by atoms with van der Waals surface area (Å²) in [4.78, 5) is 65.4. The molecule has 0 aliphatic carbocycles. The first kappa shape index (κ1) is 31.4. The van der Waals surface area contributed by atoms with Gasteiger partial charge in [0, 0.05) is 46.8 Å². The first-order chi connectivity index (χ1) is 18.7. The van der Waals surface area contributed by atoms with Crippen LogP contribution in [0.25, 0.3) is 12.2 Å². The van der Waals surface area contributed by atoms with Crippen molar-refractivity contribution in [3.63, 3.8) is 0 Å². The number of nitrogens with zero attached hydrogens (tertiary/aromatic N) is 7. The van der Waals surface area contributed by atoms with E-state index in [1.54, 1.807) is 23.2 Å². The van der Waals surface area contributed by atoms with Gasteiger partial charge in [0.05, 0.1) is 11.4 Å². The summed E-state index contributed by atoms with van der Waals surface area (Å²) in [6.07, 6.45) is 6.72. The van der Waals surface area contributed by atoms with Gasteiger partial charge in [-0.3, -0.25) is 30.0 Å². The first-order valence-electron chi connectivity index (χ1n) is 11.4. The quantitative estimate of drug-likeness (QED) is 0.236. The Morgan fingerprint density at radius 1 is 0.825 bits per heavy atom. The minimum Gasteiger partial charge on any atom is -0.347 e. The molecule has 3 N–H and O–H groups in total. The van der Waals surface area contributed by atoms with Crippen molar-refractivity contribution >= 4 is 51.8 Å². The molecule has 4 heterocycles. The van der Waals surface area contributed by atoms with E-state index in [0.29, 0.717) is 11.6 Å². The van der Waals surface area contributed by atoms with Gasteiger partial charge in [0.15, 0.2) is 0 Å². The van der Waals surface area contributed by atoms with Crippen molar-refractivity contribution in [3.8, 4) is 0 Å². The third-order valence-corrected chi connectivity index (χ3v) is 5.72. The largest absolute Gasteiger partial charge is 0.347 e. The zero-order chi connectivity index (χ0) is 30.2. The lowest BCUT2D eigenvalue weighted by molar-refractivity contribution is -0.116. The van der Waals surface area contributed by atoms with Crippen molar-refractivity contribution in [1.29, 1.82) is 0 Å². The van der Waals surface area contributed by atoms with Crippen molar-refractivity contribution in [1.82, 2.24) is 45.7 Å². The Balaban J connectivity index is 0.000000256. The Morgan fingerprint density at radius 3 is 1.62 bits per heavy atom. The van der Waals surface area contributed by atoms with E-state index in [2.05, 4.69) is 35.9 Å². The maximum atomic E-state index is 11.5. The number of nitrogens with one attached hydrogen (secondary N) is 3. The number of hydrogen-bond donors (Lipinski definition) is 3. The molecule has 214 valence electrons. The fourth-order valence-electron chi connectivity index (χ4n) is 2.89. The van der Waals surface area contributed by atoms with Gasteiger partial charge in [-0.2, -0.15) is 0 Å². The monoisotopic (exact) mass is 574 g/mol. The normalized spacial score (nSPS) is 16.8. The molecule has 6 amide bonds. The Morgan fingerprint density at radius 2 is 1.25 bits per heavy atom. The number of urea groups is 2. The lowest BCUT2D eigenvalue weighted by Crippen LogP contribution is -2.24. The molecule has 2 aromatic heterocycles. The van der Waals surface area contributed by atoms with E-state index < -0.39 is 33.7 Å². The summed E-state index contributed by atoms with van der Waals surface area (Å²) < 4.78 is 22.6. The Kier molecular flexibility index (Phi) is 10.5. The van der Waals surface area contributed by atoms with Gasteiger partial charge >= 0.3 is 12.1 Å². The molecule has 17 heteroatoms. The molecule has 4 rings (SSSR count). The number of imide groups is 2. The van der Waals surface area contributed by atoms with Gasteiger partial charge in [0.2, 0.25) is 20.9 Å². The number of rotatable bonds is 4. The average Bonchev–Trinajstić information content (AvgIpc) is 3.27. The number of hydrogen-bond acceptors (Lipinski definition) is 12. The van der Waals surface area contributed by atoms with E-state index in [4.69, 9.17) is 0 Å². The van der Waals surface area contributed by atoms with Crippen molar-refractivity contribution in [2.45, 2.75) is 5.16 Å². The SMILES string of the molecule is CN1C(=O)NC(=O)/C1=C/c1ccnc(N(C)C)n1.CN1C(=O)NC(=O)/C1=C/c1ccnc(S(C)(=O)=O)n1.CNC. The van der Waals surface area contributed by atoms with E-state index in [-0.39, 0.29) is 22.2 Å². The van der Waals surface area contributed by atoms with E-state index >= 15 is 0 Å². The third-order valence-electron chi connectivity index (χ3n) is 4.86. The summed E-state index contributed by atoms with van der Waals surface area (Å²) in [5, 5.41) is 6.71. The maximum absolute atomic E-state index is 11.5. The van der Waals surface area contributed by atoms with E-state index in [1.165, 1.54) is 37.3 Å². The van der Waals surface area contributed by atoms with E-state index in [9.17, 15) is 27.6 Å². The van der Waals surface area contributed by atoms with Crippen LogP contribution in [0.4, 0.5) is 15.5 Å². The predicted molar refractivity (Wildman–Crippen MR) is 145 cm³/mol. The molecule has 2 fully saturated rings. The van der Waals surface area contributed by atoms with Crippen LogP contribution in [-0.2, 0) is 19.4 Å². The third kappa shape index (κ3) is 8.11. The van der Waals surface area contributed by atoms with Crippen LogP contribution in [0.15, 0.2) is 41.1 Å². The van der Waals surface area contributed by atoms with Crippen molar-refractivity contribution in [2.75, 3.05) is 53.4 Å². The number of anilines is 1. The molecule has 0 atom stereocenters. The number of amides is 6. The topological polar surface area (TPSA) is 200 Å². The highest BCUT2D eigenvalue weighted by Crippen LogP contribution is 2.15. The van der Waals surface area contributed by atoms with Gasteiger partial charge in [-0.1, -0.05) is 0 Å². The molecule has 2 aromatic rings. The van der Waals surface area contributed by atoms with Gasteiger partial charge in [-0.25, -0.2) is 37.9 Å². The highest BCUT2D eigenvalue weighted by atomic mass is 32.2. The average molecular weight is 575 g/mol. The number of carbonyl (C=O) groups is 4. The number of carbonyl (C=O) groups excluding carboxylic acids is 4. The number of sulfone groups is 1. The molecule has 0 unspecified atom stereocenters. The second kappa shape index (κ2) is 13.3. The number of likely N-dealkylation sites (N-methyl/N-ethyl adjacent to an activating group) is 2. The Bertz CT molecular complexity index is 1470. The van der Waals surface area contributed by atoms with Crippen LogP contribution in [-0.4, -0.2) is 111 Å². The molecule has 2 saturated heterocycles. The molecule has 16 nitrogen and oxygen atoms in total. The fourth-order valence-corrected chi connectivity index (χ4v) is 3.41. The molecule has 2 aliphatic rings. The first-order valence-corrected chi connectivity index (χ1v) is 13.3. The van der Waals surface area contributed by atoms with Crippen LogP contribution < -0.4 is 20.9 Å². The second-order valence-electron chi connectivity index (χ2n) is 8.41. The van der Waals surface area contributed by atoms with E-state index in [0.717, 1.165) is 11.2 Å². The van der Waals surface area contributed by atoms with E-state index in [1.807, 2.05) is 28.2 Å². The highest BCUT2D eigenvalue weighted by Gasteiger charge is 2.30. The summed E-state index contributed by atoms with van der Waals surface area (Å²) in [5.74, 6) is -0.448. The maximum Gasteiger partial charge on any atom is 0.328 e. The van der Waals surface area contributed by atoms with Crippen molar-refractivity contribution in [3.05, 3.63) is 47.3 Å². The second-order valence-corrected chi connectivity index (χ2v) is 10.3. The summed E-state index contributed by atoms with van der Waals surface area (Å²) in [5.41, 5.74) is 1.15. The summed E-state index contributed by atoms with van der Waals surface area (Å²) >= 11 is 0. The zero-order valence-electron chi connectivity index (χ0n) is 23.0. The molecular formula is C23H30N10O6S. The molecule has 0 spiro atoms. The summed E-state index contributed by atoms with van der Waals surface area (Å²) in [7, 11) is 6.82. The smallest absolute Gasteiger partial charge is 0.328 e. The number of aromatic nitrogens is 4. The van der Waals surface area contributed by atoms with Crippen LogP contribution in [0, 0.1) is 0 Å². The van der Waals surface area contributed by atoms with Gasteiger partial charge < -0.3 is 10.2 Å². The lowest BCUT2D eigenvalue weighted by Gasteiger charge is -2.10. The van der Waals surface area contributed by atoms with Gasteiger partial charge in [-0.15, -0.1) is 0 Å². The predicted octanol–water partition coefficient (Wildman–Crippen LogP) is -0.697. The Labute approximate surface area is 231 Å². The highest BCUT2D eigenvalue weighted by molar-refractivity contribution is 7.90. The minimum absolute atomic E-state index is 0.0863. The Hall–Kier alpha value is -4.77. The van der Waals surface area contributed by atoms with Gasteiger partial charge in [-0.05, 0) is 38.4 Å². The van der Waals surface area contributed by atoms with Gasteiger partial charge in [0.1, 0.15) is 11.4 Å². The molecule has 0 bridgehead atoms. The standard InChI is InChI=1S/C11H13N5O2.C10H10N4O4S.C2H7N/c1-15(2)10-12-5-4-7(13-10)6-8-9(17)14-11(18)16(8)3;1-14-7(8(15)13-10(14)16)5-6-3-4-11-9(12-6)19(2,17)18;1-3-2/h4-6H,1-3H3,(H,14,17,18);3-5H,1-2H3,(H,13,15,16);3H,1-2H3/b8-6-;7-5-;. The van der Waals surface area contributed by atoms with Crippen LogP contribution in [0.5, 0.6) is 0 Å². The summed E-state index contributed by atoms with van der Waals surface area (Å²) in [6, 6.07) is 2.12. The van der Waals surface area contributed by atoms with Crippen LogP contribution in [0.1, 0.15) is 11.4 Å². The van der Waals surface area contributed by atoms with Gasteiger partial charge in [0.25, 0.3) is 11.8 Å². The molecule has 0 radical (unpaired) electrons. The molecule has 40 heavy (non-hydrogen) atoms. The molecule has 0 saturated carbocycles. The van der Waals surface area contributed by atoms with Crippen LogP contribution in [0.3, 0.4) is 0 Å². The zero-order valence-corrected chi connectivity index (χ0v) is 23.8. The van der Waals surface area contributed by atoms with Crippen LogP contribution in [0.2, 0.25) is 0 Å². The van der Waals surface area contributed by atoms with Crippen molar-refractivity contribution in [2.24, 2.45) is 0 Å². The fraction of sp³-hybridized carbons (Fsp3) is 0.304. The molecule has 2 aliphatic heterocycles. The van der Waals surface area contributed by atoms with Crippen LogP contribution >= 0.6 is 0 Å². The summed E-state index contributed by atoms with van der Waals surface area (Å²) in [6.45, 7) is 0. The molecular weight excluding hydrogens is 544 g/mol. The minimum atomic E-state index is -3.53. The van der Waals surface area contributed by atoms with Crippen molar-refractivity contribution < 1.29 is 27.6 Å². The lowest BCUT2D eigenvalue weighted by atomic mass is 10.3. The molecule has 0 aromatic carbocycles.